The molecule has 0 spiro atoms. The maximum atomic E-state index is 12.4. The van der Waals surface area contributed by atoms with Gasteiger partial charge in [-0.25, -0.2) is 0 Å². The molecule has 1 aliphatic heterocycles. The van der Waals surface area contributed by atoms with Crippen LogP contribution in [0.25, 0.3) is 0 Å². The Kier molecular flexibility index (Phi) is 4.48. The lowest BCUT2D eigenvalue weighted by Gasteiger charge is -2.39. The van der Waals surface area contributed by atoms with Crippen molar-refractivity contribution < 1.29 is 9.90 Å². The number of piperazine rings is 1. The zero-order valence-electron chi connectivity index (χ0n) is 12.0. The van der Waals surface area contributed by atoms with E-state index in [0.717, 1.165) is 32.4 Å². The van der Waals surface area contributed by atoms with Gasteiger partial charge in [-0.2, -0.15) is 0 Å². The number of nitrogens with zero attached hydrogens (tertiary/aromatic N) is 2. The summed E-state index contributed by atoms with van der Waals surface area (Å²) >= 11 is 5.95. The molecule has 3 rings (SSSR count). The minimum Gasteiger partial charge on any atom is -0.391 e. The van der Waals surface area contributed by atoms with Crippen LogP contribution in [0.1, 0.15) is 29.6 Å². The molecule has 2 fully saturated rings. The summed E-state index contributed by atoms with van der Waals surface area (Å²) in [5.41, 5.74) is 0.650. The number of amides is 1. The summed E-state index contributed by atoms with van der Waals surface area (Å²) in [5.74, 6) is 0.0455. The maximum Gasteiger partial charge on any atom is 0.253 e. The largest absolute Gasteiger partial charge is 0.391 e. The highest BCUT2D eigenvalue weighted by molar-refractivity contribution is 6.30. The number of carbonyl (C=O) groups is 1. The van der Waals surface area contributed by atoms with Gasteiger partial charge >= 0.3 is 0 Å². The molecular formula is C16H21ClN2O2. The number of rotatable bonds is 2. The van der Waals surface area contributed by atoms with E-state index in [1.165, 1.54) is 0 Å². The molecule has 5 heteroatoms. The van der Waals surface area contributed by atoms with Crippen LogP contribution in [0.4, 0.5) is 0 Å². The van der Waals surface area contributed by atoms with Crippen molar-refractivity contribution in [3.63, 3.8) is 0 Å². The Balaban J connectivity index is 1.59. The van der Waals surface area contributed by atoms with Crippen molar-refractivity contribution >= 4 is 17.5 Å². The van der Waals surface area contributed by atoms with Crippen LogP contribution in [0.5, 0.6) is 0 Å². The number of hydrogen-bond acceptors (Lipinski definition) is 3. The number of halogens is 1. The summed E-state index contributed by atoms with van der Waals surface area (Å²) in [6, 6.07) is 7.39. The number of benzene rings is 1. The van der Waals surface area contributed by atoms with Crippen molar-refractivity contribution in [1.29, 1.82) is 0 Å². The van der Waals surface area contributed by atoms with Gasteiger partial charge < -0.3 is 10.0 Å². The van der Waals surface area contributed by atoms with Crippen molar-refractivity contribution in [2.75, 3.05) is 26.2 Å². The average Bonchev–Trinajstić information content (AvgIpc) is 2.93. The molecule has 21 heavy (non-hydrogen) atoms. The summed E-state index contributed by atoms with van der Waals surface area (Å²) in [6.45, 7) is 3.12. The maximum absolute atomic E-state index is 12.4. The molecule has 0 unspecified atom stereocenters. The van der Waals surface area contributed by atoms with Gasteiger partial charge in [0.15, 0.2) is 0 Å². The zero-order chi connectivity index (χ0) is 14.8. The Morgan fingerprint density at radius 3 is 2.57 bits per heavy atom. The van der Waals surface area contributed by atoms with E-state index < -0.39 is 0 Å². The number of carbonyl (C=O) groups excluding carboxylic acids is 1. The van der Waals surface area contributed by atoms with Crippen molar-refractivity contribution in [1.82, 2.24) is 9.80 Å². The van der Waals surface area contributed by atoms with Crippen LogP contribution in [0.15, 0.2) is 24.3 Å². The zero-order valence-corrected chi connectivity index (χ0v) is 12.8. The lowest BCUT2D eigenvalue weighted by atomic mass is 10.1. The molecule has 0 radical (unpaired) electrons. The summed E-state index contributed by atoms with van der Waals surface area (Å²) in [7, 11) is 0. The van der Waals surface area contributed by atoms with Gasteiger partial charge in [-0.15, -0.1) is 0 Å². The van der Waals surface area contributed by atoms with Crippen LogP contribution in [-0.2, 0) is 0 Å². The second-order valence-corrected chi connectivity index (χ2v) is 6.34. The molecule has 2 aliphatic rings. The Morgan fingerprint density at radius 2 is 1.95 bits per heavy atom. The molecule has 1 aromatic rings. The van der Waals surface area contributed by atoms with Crippen molar-refractivity contribution in [3.8, 4) is 0 Å². The van der Waals surface area contributed by atoms with Crippen LogP contribution in [0, 0.1) is 0 Å². The van der Waals surface area contributed by atoms with E-state index in [4.69, 9.17) is 11.6 Å². The van der Waals surface area contributed by atoms with E-state index in [0.29, 0.717) is 23.7 Å². The Morgan fingerprint density at radius 1 is 1.19 bits per heavy atom. The summed E-state index contributed by atoms with van der Waals surface area (Å²) in [6.07, 6.45) is 2.89. The normalized spacial score (nSPS) is 27.0. The first kappa shape index (κ1) is 14.8. The third kappa shape index (κ3) is 3.23. The van der Waals surface area contributed by atoms with Gasteiger partial charge in [0.1, 0.15) is 0 Å². The highest BCUT2D eigenvalue weighted by Gasteiger charge is 2.33. The summed E-state index contributed by atoms with van der Waals surface area (Å²) in [5, 5.41) is 10.6. The molecule has 4 nitrogen and oxygen atoms in total. The Labute approximate surface area is 130 Å². The molecular weight excluding hydrogens is 288 g/mol. The number of hydrogen-bond donors (Lipinski definition) is 1. The molecule has 1 amide bonds. The fraction of sp³-hybridized carbons (Fsp3) is 0.562. The molecule has 0 bridgehead atoms. The Bertz CT molecular complexity index is 515. The van der Waals surface area contributed by atoms with Crippen LogP contribution in [0.2, 0.25) is 5.02 Å². The number of aliphatic hydroxyl groups is 1. The fourth-order valence-corrected chi connectivity index (χ4v) is 3.60. The molecule has 1 aliphatic carbocycles. The average molecular weight is 309 g/mol. The highest BCUT2D eigenvalue weighted by atomic mass is 35.5. The quantitative estimate of drug-likeness (QED) is 0.909. The van der Waals surface area contributed by atoms with Gasteiger partial charge in [0, 0.05) is 42.8 Å². The smallest absolute Gasteiger partial charge is 0.253 e. The molecule has 1 N–H and O–H groups in total. The minimum absolute atomic E-state index is 0.0455. The molecule has 114 valence electrons. The molecule has 1 heterocycles. The van der Waals surface area contributed by atoms with Gasteiger partial charge in [-0.1, -0.05) is 17.7 Å². The standard InChI is InChI=1S/C16H21ClN2O2/c17-13-4-1-3-12(11-13)16(21)19-9-7-18(8-10-19)14-5-2-6-15(14)20/h1,3-4,11,14-15,20H,2,5-10H2/t14-,15+/m0/s1. The summed E-state index contributed by atoms with van der Waals surface area (Å²) in [4.78, 5) is 16.7. The molecule has 2 atom stereocenters. The van der Waals surface area contributed by atoms with Gasteiger partial charge in [-0.3, -0.25) is 9.69 Å². The predicted octanol–water partition coefficient (Wildman–Crippen LogP) is 2.01. The highest BCUT2D eigenvalue weighted by Crippen LogP contribution is 2.25. The molecule has 0 aromatic heterocycles. The second-order valence-electron chi connectivity index (χ2n) is 5.90. The van der Waals surface area contributed by atoms with Crippen molar-refractivity contribution in [2.24, 2.45) is 0 Å². The lowest BCUT2D eigenvalue weighted by Crippen LogP contribution is -2.53. The summed E-state index contributed by atoms with van der Waals surface area (Å²) < 4.78 is 0. The Hall–Kier alpha value is -1.10. The predicted molar refractivity (Wildman–Crippen MR) is 82.6 cm³/mol. The van der Waals surface area contributed by atoms with Gasteiger partial charge in [0.25, 0.3) is 5.91 Å². The first-order valence-corrected chi connectivity index (χ1v) is 8.00. The van der Waals surface area contributed by atoms with Crippen LogP contribution in [0.3, 0.4) is 0 Å². The van der Waals surface area contributed by atoms with E-state index in [2.05, 4.69) is 4.90 Å². The number of aliphatic hydroxyl groups excluding tert-OH is 1. The van der Waals surface area contributed by atoms with E-state index in [1.54, 1.807) is 24.3 Å². The first-order chi connectivity index (χ1) is 10.1. The SMILES string of the molecule is O=C(c1cccc(Cl)c1)N1CCN([C@H]2CCC[C@H]2O)CC1. The van der Waals surface area contributed by atoms with Gasteiger partial charge in [-0.05, 0) is 37.5 Å². The second kappa shape index (κ2) is 6.34. The van der Waals surface area contributed by atoms with Crippen LogP contribution < -0.4 is 0 Å². The van der Waals surface area contributed by atoms with E-state index in [9.17, 15) is 9.90 Å². The fourth-order valence-electron chi connectivity index (χ4n) is 3.41. The molecule has 1 aromatic carbocycles. The van der Waals surface area contributed by atoms with Crippen LogP contribution >= 0.6 is 11.6 Å². The third-order valence-electron chi connectivity index (χ3n) is 4.59. The monoisotopic (exact) mass is 308 g/mol. The van der Waals surface area contributed by atoms with Crippen molar-refractivity contribution in [2.45, 2.75) is 31.4 Å². The van der Waals surface area contributed by atoms with E-state index >= 15 is 0 Å². The van der Waals surface area contributed by atoms with E-state index in [1.807, 2.05) is 4.90 Å². The molecule has 1 saturated heterocycles. The first-order valence-electron chi connectivity index (χ1n) is 7.62. The third-order valence-corrected chi connectivity index (χ3v) is 4.82. The lowest BCUT2D eigenvalue weighted by molar-refractivity contribution is 0.0315. The van der Waals surface area contributed by atoms with Gasteiger partial charge in [0.05, 0.1) is 6.10 Å². The van der Waals surface area contributed by atoms with Gasteiger partial charge in [0.2, 0.25) is 0 Å². The van der Waals surface area contributed by atoms with E-state index in [-0.39, 0.29) is 18.1 Å². The minimum atomic E-state index is -0.194. The molecule has 1 saturated carbocycles. The topological polar surface area (TPSA) is 43.8 Å². The van der Waals surface area contributed by atoms with Crippen LogP contribution in [-0.4, -0.2) is 59.1 Å². The van der Waals surface area contributed by atoms with Crippen molar-refractivity contribution in [3.05, 3.63) is 34.9 Å².